The van der Waals surface area contributed by atoms with Gasteiger partial charge in [0.05, 0.1) is 23.8 Å². The Labute approximate surface area is 109 Å². The highest BCUT2D eigenvalue weighted by Crippen LogP contribution is 2.45. The van der Waals surface area contributed by atoms with E-state index in [1.54, 1.807) is 0 Å². The van der Waals surface area contributed by atoms with Gasteiger partial charge < -0.3 is 15.8 Å². The first-order valence-corrected chi connectivity index (χ1v) is 5.92. The first-order valence-electron chi connectivity index (χ1n) is 5.92. The van der Waals surface area contributed by atoms with Gasteiger partial charge in [-0.05, 0) is 31.0 Å². The van der Waals surface area contributed by atoms with E-state index in [-0.39, 0.29) is 23.7 Å². The summed E-state index contributed by atoms with van der Waals surface area (Å²) in [7, 11) is 1.23. The lowest BCUT2D eigenvalue weighted by atomic mass is 10.1. The zero-order chi connectivity index (χ0) is 14.0. The van der Waals surface area contributed by atoms with Crippen molar-refractivity contribution in [2.45, 2.75) is 12.8 Å². The van der Waals surface area contributed by atoms with Crippen molar-refractivity contribution in [3.05, 3.63) is 29.6 Å². The summed E-state index contributed by atoms with van der Waals surface area (Å²) in [5.74, 6) is -1.50. The van der Waals surface area contributed by atoms with E-state index in [9.17, 15) is 14.0 Å². The van der Waals surface area contributed by atoms with Gasteiger partial charge in [0.25, 0.3) is 0 Å². The van der Waals surface area contributed by atoms with Gasteiger partial charge >= 0.3 is 5.97 Å². The van der Waals surface area contributed by atoms with E-state index in [1.807, 2.05) is 0 Å². The Bertz CT molecular complexity index is 527. The van der Waals surface area contributed by atoms with E-state index in [0.717, 1.165) is 6.07 Å². The fraction of sp³-hybridized carbons (Fsp3) is 0.385. The summed E-state index contributed by atoms with van der Waals surface area (Å²) in [4.78, 5) is 23.3. The van der Waals surface area contributed by atoms with Crippen LogP contribution in [0.25, 0.3) is 0 Å². The minimum atomic E-state index is -0.603. The summed E-state index contributed by atoms with van der Waals surface area (Å²) in [6.07, 6.45) is 1.40. The molecule has 0 unspecified atom stereocenters. The summed E-state index contributed by atoms with van der Waals surface area (Å²) in [5, 5.41) is 2.48. The Morgan fingerprint density at radius 1 is 1.47 bits per heavy atom. The van der Waals surface area contributed by atoms with Crippen LogP contribution in [0.1, 0.15) is 23.2 Å². The summed E-state index contributed by atoms with van der Waals surface area (Å²) >= 11 is 0. The van der Waals surface area contributed by atoms with Gasteiger partial charge in [0.15, 0.2) is 0 Å². The predicted molar refractivity (Wildman–Crippen MR) is 67.1 cm³/mol. The molecule has 2 rings (SSSR count). The molecule has 1 aromatic carbocycles. The number of halogens is 1. The molecule has 19 heavy (non-hydrogen) atoms. The van der Waals surface area contributed by atoms with Gasteiger partial charge in [0.2, 0.25) is 5.91 Å². The van der Waals surface area contributed by atoms with E-state index in [1.165, 1.54) is 19.2 Å². The summed E-state index contributed by atoms with van der Waals surface area (Å²) in [6, 6.07) is 3.67. The Kier molecular flexibility index (Phi) is 3.53. The van der Waals surface area contributed by atoms with Gasteiger partial charge in [0.1, 0.15) is 5.82 Å². The van der Waals surface area contributed by atoms with Crippen molar-refractivity contribution in [2.75, 3.05) is 19.0 Å². The number of carbonyl (C=O) groups is 2. The largest absolute Gasteiger partial charge is 0.465 e. The van der Waals surface area contributed by atoms with Crippen molar-refractivity contribution >= 4 is 17.6 Å². The molecular weight excluding hydrogens is 251 g/mol. The van der Waals surface area contributed by atoms with Crippen LogP contribution >= 0.6 is 0 Å². The molecule has 1 aromatic rings. The number of ether oxygens (including phenoxy) is 1. The van der Waals surface area contributed by atoms with Crippen LogP contribution in [0.3, 0.4) is 0 Å². The third-order valence-electron chi connectivity index (χ3n) is 3.36. The Morgan fingerprint density at radius 3 is 2.68 bits per heavy atom. The molecule has 1 aliphatic carbocycles. The number of nitrogens with one attached hydrogen (secondary N) is 1. The molecule has 0 spiro atoms. The smallest absolute Gasteiger partial charge is 0.337 e. The van der Waals surface area contributed by atoms with Gasteiger partial charge in [-0.2, -0.15) is 0 Å². The second kappa shape index (κ2) is 4.97. The molecule has 0 saturated heterocycles. The molecular formula is C13H15FN2O3. The predicted octanol–water partition coefficient (Wildman–Crippen LogP) is 1.29. The molecule has 0 bridgehead atoms. The third-order valence-corrected chi connectivity index (χ3v) is 3.36. The zero-order valence-electron chi connectivity index (χ0n) is 10.5. The standard InChI is InChI=1S/C13H15FN2O3/c1-19-11(17)8-2-3-9(14)10(6-8)16-12(18)13(7-15)4-5-13/h2-3,6H,4-5,7,15H2,1H3,(H,16,18). The van der Waals surface area contributed by atoms with Gasteiger partial charge in [0, 0.05) is 6.54 Å². The molecule has 1 amide bonds. The van der Waals surface area contributed by atoms with Crippen molar-refractivity contribution < 1.29 is 18.7 Å². The molecule has 6 heteroatoms. The number of nitrogens with two attached hydrogens (primary N) is 1. The maximum atomic E-state index is 13.6. The number of benzene rings is 1. The molecule has 102 valence electrons. The minimum absolute atomic E-state index is 0.0346. The fourth-order valence-corrected chi connectivity index (χ4v) is 1.80. The third kappa shape index (κ3) is 2.58. The van der Waals surface area contributed by atoms with Crippen LogP contribution in [0.4, 0.5) is 10.1 Å². The van der Waals surface area contributed by atoms with E-state index in [2.05, 4.69) is 10.1 Å². The van der Waals surface area contributed by atoms with Crippen molar-refractivity contribution in [3.8, 4) is 0 Å². The number of anilines is 1. The quantitative estimate of drug-likeness (QED) is 0.805. The number of hydrogen-bond acceptors (Lipinski definition) is 4. The van der Waals surface area contributed by atoms with Crippen LogP contribution in [0, 0.1) is 11.2 Å². The lowest BCUT2D eigenvalue weighted by Crippen LogP contribution is -2.31. The van der Waals surface area contributed by atoms with Crippen LogP contribution < -0.4 is 11.1 Å². The highest BCUT2D eigenvalue weighted by molar-refractivity contribution is 5.99. The molecule has 0 heterocycles. The molecule has 0 atom stereocenters. The Balaban J connectivity index is 2.20. The first kappa shape index (κ1) is 13.5. The number of amides is 1. The van der Waals surface area contributed by atoms with Crippen LogP contribution in [0.5, 0.6) is 0 Å². The van der Waals surface area contributed by atoms with Crippen molar-refractivity contribution in [1.82, 2.24) is 0 Å². The first-order chi connectivity index (χ1) is 9.02. The van der Waals surface area contributed by atoms with E-state index >= 15 is 0 Å². The highest BCUT2D eigenvalue weighted by atomic mass is 19.1. The van der Waals surface area contributed by atoms with Crippen LogP contribution in [-0.4, -0.2) is 25.5 Å². The maximum Gasteiger partial charge on any atom is 0.337 e. The van der Waals surface area contributed by atoms with Crippen LogP contribution in [0.15, 0.2) is 18.2 Å². The molecule has 1 fully saturated rings. The lowest BCUT2D eigenvalue weighted by Gasteiger charge is -2.13. The number of rotatable bonds is 4. The second-order valence-corrected chi connectivity index (χ2v) is 4.62. The average molecular weight is 266 g/mol. The molecule has 1 saturated carbocycles. The summed E-state index contributed by atoms with van der Waals surface area (Å²) in [6.45, 7) is 0.233. The SMILES string of the molecule is COC(=O)c1ccc(F)c(NC(=O)C2(CN)CC2)c1. The molecule has 0 radical (unpaired) electrons. The van der Waals surface area contributed by atoms with Gasteiger partial charge in [-0.15, -0.1) is 0 Å². The van der Waals surface area contributed by atoms with Gasteiger partial charge in [-0.3, -0.25) is 4.79 Å². The number of hydrogen-bond donors (Lipinski definition) is 2. The Hall–Kier alpha value is -1.95. The maximum absolute atomic E-state index is 13.6. The van der Waals surface area contributed by atoms with E-state index < -0.39 is 17.2 Å². The number of methoxy groups -OCH3 is 1. The molecule has 3 N–H and O–H groups in total. The van der Waals surface area contributed by atoms with Crippen LogP contribution in [0.2, 0.25) is 0 Å². The topological polar surface area (TPSA) is 81.4 Å². The average Bonchev–Trinajstić information content (AvgIpc) is 3.21. The number of carbonyl (C=O) groups excluding carboxylic acids is 2. The second-order valence-electron chi connectivity index (χ2n) is 4.62. The van der Waals surface area contributed by atoms with Crippen LogP contribution in [-0.2, 0) is 9.53 Å². The molecule has 0 aliphatic heterocycles. The van der Waals surface area contributed by atoms with Crippen molar-refractivity contribution in [3.63, 3.8) is 0 Å². The Morgan fingerprint density at radius 2 is 2.16 bits per heavy atom. The normalized spacial score (nSPS) is 15.7. The van der Waals surface area contributed by atoms with E-state index in [4.69, 9.17) is 5.73 Å². The summed E-state index contributed by atoms with van der Waals surface area (Å²) < 4.78 is 18.2. The van der Waals surface area contributed by atoms with Gasteiger partial charge in [-0.25, -0.2) is 9.18 Å². The fourth-order valence-electron chi connectivity index (χ4n) is 1.80. The molecule has 1 aliphatic rings. The monoisotopic (exact) mass is 266 g/mol. The van der Waals surface area contributed by atoms with E-state index in [0.29, 0.717) is 12.8 Å². The zero-order valence-corrected chi connectivity index (χ0v) is 10.5. The van der Waals surface area contributed by atoms with Crippen molar-refractivity contribution in [2.24, 2.45) is 11.1 Å². The van der Waals surface area contributed by atoms with Gasteiger partial charge in [-0.1, -0.05) is 0 Å². The lowest BCUT2D eigenvalue weighted by molar-refractivity contribution is -0.120. The number of esters is 1. The minimum Gasteiger partial charge on any atom is -0.465 e. The molecule has 5 nitrogen and oxygen atoms in total. The summed E-state index contributed by atoms with van der Waals surface area (Å²) in [5.41, 5.74) is 5.10. The molecule has 0 aromatic heterocycles. The van der Waals surface area contributed by atoms with Crippen molar-refractivity contribution in [1.29, 1.82) is 0 Å². The highest BCUT2D eigenvalue weighted by Gasteiger charge is 2.48.